The standard InChI is InChI=1S/C18H19BrFN3O2/c1-18(24,16-5-2-12(20)8-21-16)9-25-15-7-11(19)6-14-17(15)23(10-22-14)13-3-4-13/h2,5-8,10,13-14,17,24H,3-4,9H2,1H3. The van der Waals surface area contributed by atoms with E-state index in [0.717, 1.165) is 16.4 Å². The van der Waals surface area contributed by atoms with Crippen LogP contribution in [-0.4, -0.2) is 46.1 Å². The number of aliphatic hydroxyl groups is 1. The van der Waals surface area contributed by atoms with Crippen LogP contribution in [0.3, 0.4) is 0 Å². The maximum absolute atomic E-state index is 13.1. The third kappa shape index (κ3) is 3.35. The van der Waals surface area contributed by atoms with Gasteiger partial charge in [-0.1, -0.05) is 15.9 Å². The molecular weight excluding hydrogens is 389 g/mol. The summed E-state index contributed by atoms with van der Waals surface area (Å²) in [5.74, 6) is 0.335. The van der Waals surface area contributed by atoms with Gasteiger partial charge in [-0.25, -0.2) is 4.39 Å². The summed E-state index contributed by atoms with van der Waals surface area (Å²) < 4.78 is 20.0. The van der Waals surface area contributed by atoms with E-state index in [9.17, 15) is 9.50 Å². The van der Waals surface area contributed by atoms with E-state index in [2.05, 4.69) is 36.9 Å². The molecule has 1 N–H and O–H groups in total. The van der Waals surface area contributed by atoms with Crippen LogP contribution in [0.25, 0.3) is 0 Å². The Bertz CT molecular complexity index is 756. The molecule has 0 spiro atoms. The molecule has 2 aliphatic carbocycles. The lowest BCUT2D eigenvalue weighted by Gasteiger charge is -2.33. The van der Waals surface area contributed by atoms with Gasteiger partial charge in [0, 0.05) is 10.5 Å². The van der Waals surface area contributed by atoms with Crippen LogP contribution >= 0.6 is 15.9 Å². The van der Waals surface area contributed by atoms with Crippen LogP contribution in [-0.2, 0) is 10.3 Å². The van der Waals surface area contributed by atoms with Crippen molar-refractivity contribution in [1.29, 1.82) is 0 Å². The monoisotopic (exact) mass is 407 g/mol. The first-order valence-electron chi connectivity index (χ1n) is 8.31. The van der Waals surface area contributed by atoms with Gasteiger partial charge in [0.1, 0.15) is 29.8 Å². The average molecular weight is 408 g/mol. The van der Waals surface area contributed by atoms with Crippen molar-refractivity contribution in [2.45, 2.75) is 43.5 Å². The SMILES string of the molecule is CC(O)(COC1=CC(Br)=CC2N=CN(C3CC3)C12)c1ccc(F)cn1. The molecule has 0 amide bonds. The fraction of sp³-hybridized carbons (Fsp3) is 0.444. The molecule has 3 unspecified atom stereocenters. The molecule has 25 heavy (non-hydrogen) atoms. The van der Waals surface area contributed by atoms with Gasteiger partial charge in [0.15, 0.2) is 0 Å². The number of aromatic nitrogens is 1. The number of ether oxygens (including phenoxy) is 1. The lowest BCUT2D eigenvalue weighted by atomic mass is 10.00. The van der Waals surface area contributed by atoms with E-state index in [1.165, 1.54) is 25.0 Å². The number of pyridine rings is 1. The van der Waals surface area contributed by atoms with Crippen LogP contribution < -0.4 is 0 Å². The molecule has 0 radical (unpaired) electrons. The Morgan fingerprint density at radius 1 is 1.44 bits per heavy atom. The molecule has 3 aliphatic rings. The van der Waals surface area contributed by atoms with E-state index in [0.29, 0.717) is 11.7 Å². The number of fused-ring (bicyclic) bond motifs is 1. The minimum absolute atomic E-state index is 0.0175. The first-order valence-corrected chi connectivity index (χ1v) is 9.10. The summed E-state index contributed by atoms with van der Waals surface area (Å²) in [6.45, 7) is 1.64. The van der Waals surface area contributed by atoms with Crippen molar-refractivity contribution < 1.29 is 14.2 Å². The Kier molecular flexibility index (Phi) is 4.16. The van der Waals surface area contributed by atoms with E-state index in [1.54, 1.807) is 6.92 Å². The highest BCUT2D eigenvalue weighted by molar-refractivity contribution is 9.11. The number of allylic oxidation sites excluding steroid dienone is 2. The second kappa shape index (κ2) is 6.21. The zero-order chi connectivity index (χ0) is 17.6. The van der Waals surface area contributed by atoms with Crippen molar-refractivity contribution in [3.8, 4) is 0 Å². The summed E-state index contributed by atoms with van der Waals surface area (Å²) in [4.78, 5) is 10.8. The van der Waals surface area contributed by atoms with E-state index < -0.39 is 11.4 Å². The van der Waals surface area contributed by atoms with Crippen LogP contribution in [0, 0.1) is 5.82 Å². The van der Waals surface area contributed by atoms with E-state index in [1.807, 2.05) is 12.4 Å². The second-order valence-corrected chi connectivity index (χ2v) is 7.82. The highest BCUT2D eigenvalue weighted by Crippen LogP contribution is 2.38. The molecule has 4 rings (SSSR count). The van der Waals surface area contributed by atoms with Crippen molar-refractivity contribution in [2.24, 2.45) is 4.99 Å². The number of halogens is 2. The molecule has 7 heteroatoms. The maximum atomic E-state index is 13.1. The lowest BCUT2D eigenvalue weighted by molar-refractivity contribution is -0.0261. The number of hydrogen-bond donors (Lipinski definition) is 1. The van der Waals surface area contributed by atoms with Crippen LogP contribution in [0.15, 0.2) is 45.7 Å². The summed E-state index contributed by atoms with van der Waals surface area (Å²) in [6.07, 6.45) is 9.34. The summed E-state index contributed by atoms with van der Waals surface area (Å²) in [6, 6.07) is 3.33. The van der Waals surface area contributed by atoms with Gasteiger partial charge >= 0.3 is 0 Å². The molecule has 3 atom stereocenters. The highest BCUT2D eigenvalue weighted by atomic mass is 79.9. The zero-order valence-electron chi connectivity index (χ0n) is 13.8. The molecule has 1 aromatic heterocycles. The lowest BCUT2D eigenvalue weighted by Crippen LogP contribution is -2.42. The first-order chi connectivity index (χ1) is 11.9. The van der Waals surface area contributed by atoms with Gasteiger partial charge in [0.05, 0.1) is 24.3 Å². The van der Waals surface area contributed by atoms with Crippen molar-refractivity contribution in [3.05, 3.63) is 52.2 Å². The summed E-state index contributed by atoms with van der Waals surface area (Å²) >= 11 is 3.51. The average Bonchev–Trinajstić information content (AvgIpc) is 3.33. The minimum Gasteiger partial charge on any atom is -0.492 e. The van der Waals surface area contributed by atoms with Crippen molar-refractivity contribution in [2.75, 3.05) is 6.61 Å². The quantitative estimate of drug-likeness (QED) is 0.814. The smallest absolute Gasteiger partial charge is 0.141 e. The van der Waals surface area contributed by atoms with Gasteiger partial charge in [-0.05, 0) is 44.1 Å². The summed E-state index contributed by atoms with van der Waals surface area (Å²) in [7, 11) is 0. The van der Waals surface area contributed by atoms with Crippen LogP contribution in [0.2, 0.25) is 0 Å². The largest absolute Gasteiger partial charge is 0.492 e. The van der Waals surface area contributed by atoms with Crippen molar-refractivity contribution in [3.63, 3.8) is 0 Å². The molecule has 0 saturated heterocycles. The number of nitrogens with zero attached hydrogens (tertiary/aromatic N) is 3. The molecular formula is C18H19BrFN3O2. The fourth-order valence-electron chi connectivity index (χ4n) is 3.18. The molecule has 0 bridgehead atoms. The molecule has 2 heterocycles. The Balaban J connectivity index is 1.50. The third-order valence-electron chi connectivity index (χ3n) is 4.69. The molecule has 1 fully saturated rings. The predicted molar refractivity (Wildman–Crippen MR) is 95.7 cm³/mol. The summed E-state index contributed by atoms with van der Waals surface area (Å²) in [5, 5.41) is 10.7. The molecule has 1 aliphatic heterocycles. The normalized spacial score (nSPS) is 27.4. The second-order valence-electron chi connectivity index (χ2n) is 6.90. The van der Waals surface area contributed by atoms with Gasteiger partial charge in [-0.2, -0.15) is 0 Å². The molecule has 5 nitrogen and oxygen atoms in total. The number of aliphatic imine (C=N–C) groups is 1. The minimum atomic E-state index is -1.32. The van der Waals surface area contributed by atoms with Crippen molar-refractivity contribution >= 4 is 22.3 Å². The van der Waals surface area contributed by atoms with Gasteiger partial charge in [-0.3, -0.25) is 9.98 Å². The molecule has 1 aromatic rings. The molecule has 0 aromatic carbocycles. The fourth-order valence-corrected chi connectivity index (χ4v) is 3.68. The Morgan fingerprint density at radius 3 is 2.92 bits per heavy atom. The topological polar surface area (TPSA) is 58.0 Å². The zero-order valence-corrected chi connectivity index (χ0v) is 15.4. The Labute approximate surface area is 154 Å². The van der Waals surface area contributed by atoms with Gasteiger partial charge in [0.25, 0.3) is 0 Å². The van der Waals surface area contributed by atoms with Gasteiger partial charge in [-0.15, -0.1) is 0 Å². The van der Waals surface area contributed by atoms with Crippen LogP contribution in [0.5, 0.6) is 0 Å². The number of rotatable bonds is 5. The Morgan fingerprint density at radius 2 is 2.24 bits per heavy atom. The van der Waals surface area contributed by atoms with Gasteiger partial charge in [0.2, 0.25) is 0 Å². The van der Waals surface area contributed by atoms with E-state index in [-0.39, 0.29) is 18.7 Å². The number of hydrogen-bond acceptors (Lipinski definition) is 5. The van der Waals surface area contributed by atoms with Crippen LogP contribution in [0.4, 0.5) is 4.39 Å². The van der Waals surface area contributed by atoms with E-state index in [4.69, 9.17) is 4.74 Å². The van der Waals surface area contributed by atoms with E-state index >= 15 is 0 Å². The van der Waals surface area contributed by atoms with Crippen molar-refractivity contribution in [1.82, 2.24) is 9.88 Å². The summed E-state index contributed by atoms with van der Waals surface area (Å²) in [5.41, 5.74) is -0.945. The first kappa shape index (κ1) is 16.7. The third-order valence-corrected chi connectivity index (χ3v) is 5.18. The Hall–Kier alpha value is -1.73. The maximum Gasteiger partial charge on any atom is 0.141 e. The van der Waals surface area contributed by atoms with Gasteiger partial charge < -0.3 is 14.7 Å². The molecule has 1 saturated carbocycles. The highest BCUT2D eigenvalue weighted by Gasteiger charge is 2.43. The molecule has 132 valence electrons. The van der Waals surface area contributed by atoms with Crippen LogP contribution in [0.1, 0.15) is 25.5 Å². The predicted octanol–water partition coefficient (Wildman–Crippen LogP) is 2.86.